The van der Waals surface area contributed by atoms with Gasteiger partial charge in [-0.3, -0.25) is 0 Å². The summed E-state index contributed by atoms with van der Waals surface area (Å²) in [5.74, 6) is 0.207. The number of aromatic hydroxyl groups is 1. The number of furan rings is 1. The van der Waals surface area contributed by atoms with Crippen molar-refractivity contribution in [2.45, 2.75) is 13.8 Å². The van der Waals surface area contributed by atoms with Crippen LogP contribution in [0.1, 0.15) is 23.0 Å². The molecule has 1 aromatic heterocycles. The van der Waals surface area contributed by atoms with E-state index in [1.165, 1.54) is 0 Å². The maximum atomic E-state index is 11.8. The smallest absolute Gasteiger partial charge is 0.342 e. The largest absolute Gasteiger partial charge is 0.507 e. The molecule has 0 aliphatic rings. The van der Waals surface area contributed by atoms with E-state index in [4.69, 9.17) is 9.15 Å². The highest BCUT2D eigenvalue weighted by Gasteiger charge is 2.22. The first-order valence-corrected chi connectivity index (χ1v) is 6.21. The van der Waals surface area contributed by atoms with E-state index in [1.54, 1.807) is 26.0 Å². The second-order valence-corrected chi connectivity index (χ2v) is 4.60. The number of aryl methyl sites for hydroxylation is 1. The van der Waals surface area contributed by atoms with Crippen LogP contribution >= 0.6 is 22.6 Å². The normalized spacial score (nSPS) is 10.8. The van der Waals surface area contributed by atoms with Crippen molar-refractivity contribution in [3.63, 3.8) is 0 Å². The summed E-state index contributed by atoms with van der Waals surface area (Å²) in [4.78, 5) is 11.8. The van der Waals surface area contributed by atoms with Crippen molar-refractivity contribution in [1.29, 1.82) is 0 Å². The zero-order valence-electron chi connectivity index (χ0n) is 9.41. The molecular weight excluding hydrogens is 335 g/mol. The van der Waals surface area contributed by atoms with Gasteiger partial charge in [0, 0.05) is 0 Å². The number of benzene rings is 1. The van der Waals surface area contributed by atoms with Crippen molar-refractivity contribution in [3.8, 4) is 5.75 Å². The van der Waals surface area contributed by atoms with Crippen LogP contribution < -0.4 is 0 Å². The summed E-state index contributed by atoms with van der Waals surface area (Å²) in [6.45, 7) is 3.76. The Morgan fingerprint density at radius 3 is 2.88 bits per heavy atom. The van der Waals surface area contributed by atoms with Crippen LogP contribution in [0.4, 0.5) is 0 Å². The van der Waals surface area contributed by atoms with Gasteiger partial charge < -0.3 is 14.3 Å². The molecule has 2 rings (SSSR count). The third kappa shape index (κ3) is 1.99. The molecular formula is C12H11IO4. The number of ether oxygens (including phenoxy) is 1. The molecule has 0 radical (unpaired) electrons. The van der Waals surface area contributed by atoms with E-state index in [0.29, 0.717) is 32.5 Å². The Labute approximate surface area is 112 Å². The molecule has 0 aliphatic carbocycles. The van der Waals surface area contributed by atoms with Crippen molar-refractivity contribution in [2.24, 2.45) is 0 Å². The van der Waals surface area contributed by atoms with Crippen LogP contribution in [-0.4, -0.2) is 17.7 Å². The Bertz CT molecular complexity index is 586. The Kier molecular flexibility index (Phi) is 3.28. The summed E-state index contributed by atoms with van der Waals surface area (Å²) in [6, 6.07) is 3.19. The fourth-order valence-corrected chi connectivity index (χ4v) is 2.42. The lowest BCUT2D eigenvalue weighted by Gasteiger charge is -2.02. The quantitative estimate of drug-likeness (QED) is 0.670. The fraction of sp³-hybridized carbons (Fsp3) is 0.250. The van der Waals surface area contributed by atoms with Crippen LogP contribution in [0.3, 0.4) is 0 Å². The van der Waals surface area contributed by atoms with E-state index in [1.807, 2.05) is 22.6 Å². The molecule has 2 aromatic rings. The molecule has 17 heavy (non-hydrogen) atoms. The lowest BCUT2D eigenvalue weighted by molar-refractivity contribution is 0.0526. The molecule has 1 aromatic carbocycles. The molecule has 0 aliphatic heterocycles. The molecule has 0 spiro atoms. The molecule has 0 amide bonds. The molecule has 0 unspecified atom stereocenters. The number of phenols is 1. The van der Waals surface area contributed by atoms with Crippen LogP contribution in [0, 0.1) is 10.5 Å². The molecule has 0 atom stereocenters. The number of hydrogen-bond donors (Lipinski definition) is 1. The molecule has 0 fully saturated rings. The van der Waals surface area contributed by atoms with Crippen LogP contribution in [0.15, 0.2) is 16.5 Å². The lowest BCUT2D eigenvalue weighted by atomic mass is 10.1. The van der Waals surface area contributed by atoms with E-state index < -0.39 is 5.97 Å². The van der Waals surface area contributed by atoms with Crippen molar-refractivity contribution in [2.75, 3.05) is 6.61 Å². The summed E-state index contributed by atoms with van der Waals surface area (Å²) in [5.41, 5.74) is 0.968. The lowest BCUT2D eigenvalue weighted by Crippen LogP contribution is -2.05. The predicted octanol–water partition coefficient (Wildman–Crippen LogP) is 3.23. The zero-order valence-corrected chi connectivity index (χ0v) is 11.6. The molecule has 1 heterocycles. The maximum Gasteiger partial charge on any atom is 0.342 e. The maximum absolute atomic E-state index is 11.8. The van der Waals surface area contributed by atoms with Crippen molar-refractivity contribution in [3.05, 3.63) is 27.0 Å². The van der Waals surface area contributed by atoms with E-state index in [0.717, 1.165) is 0 Å². The third-order valence-corrected chi connectivity index (χ3v) is 3.52. The van der Waals surface area contributed by atoms with Crippen molar-refractivity contribution in [1.82, 2.24) is 0 Å². The monoisotopic (exact) mass is 346 g/mol. The highest BCUT2D eigenvalue weighted by molar-refractivity contribution is 14.1. The SMILES string of the molecule is CCOC(=O)c1c(C)oc2ccc(O)c(I)c12. The number of phenolic OH excluding ortho intramolecular Hbond substituents is 1. The molecule has 90 valence electrons. The van der Waals surface area contributed by atoms with Crippen molar-refractivity contribution < 1.29 is 19.1 Å². The van der Waals surface area contributed by atoms with E-state index in [9.17, 15) is 9.90 Å². The standard InChI is InChI=1S/C12H11IO4/c1-3-16-12(15)9-6(2)17-8-5-4-7(14)11(13)10(8)9/h4-5,14H,3H2,1-2H3. The van der Waals surface area contributed by atoms with Crippen LogP contribution in [-0.2, 0) is 4.74 Å². The topological polar surface area (TPSA) is 59.7 Å². The first kappa shape index (κ1) is 12.2. The van der Waals surface area contributed by atoms with E-state index in [-0.39, 0.29) is 5.75 Å². The highest BCUT2D eigenvalue weighted by atomic mass is 127. The van der Waals surface area contributed by atoms with Gasteiger partial charge in [0.05, 0.1) is 15.6 Å². The minimum atomic E-state index is -0.424. The second kappa shape index (κ2) is 4.56. The van der Waals surface area contributed by atoms with Gasteiger partial charge in [0.15, 0.2) is 0 Å². The number of rotatable bonds is 2. The number of fused-ring (bicyclic) bond motifs is 1. The van der Waals surface area contributed by atoms with Crippen LogP contribution in [0.25, 0.3) is 11.0 Å². The second-order valence-electron chi connectivity index (χ2n) is 3.53. The number of esters is 1. The minimum Gasteiger partial charge on any atom is -0.507 e. The Hall–Kier alpha value is -1.24. The summed E-state index contributed by atoms with van der Waals surface area (Å²) in [5, 5.41) is 10.3. The van der Waals surface area contributed by atoms with E-state index >= 15 is 0 Å². The first-order chi connectivity index (χ1) is 8.06. The Balaban J connectivity index is 2.73. The first-order valence-electron chi connectivity index (χ1n) is 5.14. The average Bonchev–Trinajstić information content (AvgIpc) is 2.61. The molecule has 0 saturated carbocycles. The minimum absolute atomic E-state index is 0.129. The van der Waals surface area contributed by atoms with Gasteiger partial charge >= 0.3 is 5.97 Å². The third-order valence-electron chi connectivity index (χ3n) is 2.43. The van der Waals surface area contributed by atoms with Gasteiger partial charge in [-0.15, -0.1) is 0 Å². The summed E-state index contributed by atoms with van der Waals surface area (Å²) >= 11 is 1.99. The van der Waals surface area contributed by atoms with Gasteiger partial charge in [-0.25, -0.2) is 4.79 Å². The molecule has 5 heteroatoms. The van der Waals surface area contributed by atoms with Crippen LogP contribution in [0.2, 0.25) is 0 Å². The number of hydrogen-bond acceptors (Lipinski definition) is 4. The molecule has 0 saturated heterocycles. The van der Waals surface area contributed by atoms with Gasteiger partial charge in [0.2, 0.25) is 0 Å². The fourth-order valence-electron chi connectivity index (χ4n) is 1.71. The van der Waals surface area contributed by atoms with Crippen molar-refractivity contribution >= 4 is 39.5 Å². The van der Waals surface area contributed by atoms with Crippen LogP contribution in [0.5, 0.6) is 5.75 Å². The van der Waals surface area contributed by atoms with Gasteiger partial charge in [-0.1, -0.05) is 0 Å². The summed E-state index contributed by atoms with van der Waals surface area (Å²) < 4.78 is 11.1. The van der Waals surface area contributed by atoms with Gasteiger partial charge in [-0.2, -0.15) is 0 Å². The number of halogens is 1. The number of carbonyl (C=O) groups excluding carboxylic acids is 1. The van der Waals surface area contributed by atoms with Gasteiger partial charge in [-0.05, 0) is 48.6 Å². The summed E-state index contributed by atoms with van der Waals surface area (Å²) in [7, 11) is 0. The molecule has 4 nitrogen and oxygen atoms in total. The Morgan fingerprint density at radius 2 is 2.24 bits per heavy atom. The number of carbonyl (C=O) groups is 1. The van der Waals surface area contributed by atoms with E-state index in [2.05, 4.69) is 0 Å². The van der Waals surface area contributed by atoms with Gasteiger partial charge in [0.25, 0.3) is 0 Å². The van der Waals surface area contributed by atoms with Gasteiger partial charge in [0.1, 0.15) is 22.7 Å². The average molecular weight is 346 g/mol. The zero-order chi connectivity index (χ0) is 12.6. The highest BCUT2D eigenvalue weighted by Crippen LogP contribution is 2.34. The molecule has 0 bridgehead atoms. The Morgan fingerprint density at radius 1 is 1.53 bits per heavy atom. The summed E-state index contributed by atoms with van der Waals surface area (Å²) in [6.07, 6.45) is 0. The predicted molar refractivity (Wildman–Crippen MR) is 71.3 cm³/mol. The molecule has 1 N–H and O–H groups in total.